The van der Waals surface area contributed by atoms with Crippen LogP contribution >= 0.6 is 0 Å². The van der Waals surface area contributed by atoms with Gasteiger partial charge in [-0.15, -0.1) is 0 Å². The van der Waals surface area contributed by atoms with Crippen LogP contribution in [-0.4, -0.2) is 4.92 Å². The van der Waals surface area contributed by atoms with E-state index >= 15 is 0 Å². The molecule has 0 bridgehead atoms. The molecule has 0 aliphatic heterocycles. The van der Waals surface area contributed by atoms with Crippen LogP contribution in [-0.2, 0) is 6.42 Å². The SMILES string of the molecule is CCCCc1c(C)c2cc([N+](=O)[O-])c([O-])c(C)c2oc1=O. The zero-order valence-electron chi connectivity index (χ0n) is 12.2. The van der Waals surface area contributed by atoms with Crippen LogP contribution in [0.1, 0.15) is 36.5 Å². The lowest BCUT2D eigenvalue weighted by atomic mass is 9.99. The van der Waals surface area contributed by atoms with Gasteiger partial charge in [-0.3, -0.25) is 10.1 Å². The van der Waals surface area contributed by atoms with Crippen molar-refractivity contribution in [3.8, 4) is 5.75 Å². The molecule has 0 unspecified atom stereocenters. The number of hydrogen-bond donors (Lipinski definition) is 0. The van der Waals surface area contributed by atoms with Gasteiger partial charge >= 0.3 is 5.63 Å². The first kappa shape index (κ1) is 15.0. The Morgan fingerprint density at radius 3 is 2.52 bits per heavy atom. The third-order valence-corrected chi connectivity index (χ3v) is 3.71. The fourth-order valence-corrected chi connectivity index (χ4v) is 2.42. The minimum atomic E-state index is -0.712. The largest absolute Gasteiger partial charge is 0.868 e. The molecule has 6 heteroatoms. The Morgan fingerprint density at radius 2 is 1.95 bits per heavy atom. The number of benzene rings is 1. The lowest BCUT2D eigenvalue weighted by Crippen LogP contribution is -2.12. The molecule has 1 aromatic carbocycles. The van der Waals surface area contributed by atoms with Crippen LogP contribution in [0.2, 0.25) is 0 Å². The number of unbranched alkanes of at least 4 members (excludes halogenated alkanes) is 1. The van der Waals surface area contributed by atoms with Crippen molar-refractivity contribution in [2.75, 3.05) is 0 Å². The van der Waals surface area contributed by atoms with Crippen molar-refractivity contribution in [2.24, 2.45) is 0 Å². The van der Waals surface area contributed by atoms with Crippen LogP contribution in [0.15, 0.2) is 15.3 Å². The van der Waals surface area contributed by atoms with Gasteiger partial charge in [-0.25, -0.2) is 4.79 Å². The zero-order valence-corrected chi connectivity index (χ0v) is 12.2. The second-order valence-electron chi connectivity index (χ2n) is 5.08. The number of nitrogens with zero attached hydrogens (tertiary/aromatic N) is 1. The summed E-state index contributed by atoms with van der Waals surface area (Å²) in [4.78, 5) is 22.3. The lowest BCUT2D eigenvalue weighted by Gasteiger charge is -2.15. The van der Waals surface area contributed by atoms with E-state index in [-0.39, 0.29) is 11.1 Å². The van der Waals surface area contributed by atoms with Crippen molar-refractivity contribution in [3.63, 3.8) is 0 Å². The summed E-state index contributed by atoms with van der Waals surface area (Å²) in [5, 5.41) is 23.3. The van der Waals surface area contributed by atoms with E-state index in [1.807, 2.05) is 6.92 Å². The Balaban J connectivity index is 2.83. The number of rotatable bonds is 4. The van der Waals surface area contributed by atoms with Crippen molar-refractivity contribution < 1.29 is 14.4 Å². The minimum Gasteiger partial charge on any atom is -0.868 e. The molecule has 0 aliphatic carbocycles. The van der Waals surface area contributed by atoms with Gasteiger partial charge in [-0.2, -0.15) is 0 Å². The van der Waals surface area contributed by atoms with Gasteiger partial charge in [0.1, 0.15) is 5.58 Å². The van der Waals surface area contributed by atoms with E-state index in [4.69, 9.17) is 4.42 Å². The van der Waals surface area contributed by atoms with Gasteiger partial charge in [0.25, 0.3) is 5.69 Å². The molecule has 0 atom stereocenters. The second-order valence-corrected chi connectivity index (χ2v) is 5.08. The molecule has 6 nitrogen and oxygen atoms in total. The van der Waals surface area contributed by atoms with Gasteiger partial charge in [0.15, 0.2) is 0 Å². The van der Waals surface area contributed by atoms with Crippen molar-refractivity contribution in [2.45, 2.75) is 40.0 Å². The predicted octanol–water partition coefficient (Wildman–Crippen LogP) is 2.73. The smallest absolute Gasteiger partial charge is 0.339 e. The molecule has 0 radical (unpaired) electrons. The minimum absolute atomic E-state index is 0.0986. The summed E-state index contributed by atoms with van der Waals surface area (Å²) in [5.41, 5.74) is 0.468. The highest BCUT2D eigenvalue weighted by Gasteiger charge is 2.18. The highest BCUT2D eigenvalue weighted by molar-refractivity contribution is 5.88. The molecule has 0 N–H and O–H groups in total. The summed E-state index contributed by atoms with van der Waals surface area (Å²) in [7, 11) is 0. The molecule has 0 aliphatic rings. The zero-order chi connectivity index (χ0) is 15.7. The van der Waals surface area contributed by atoms with Crippen LogP contribution in [0.4, 0.5) is 5.69 Å². The maximum absolute atomic E-state index is 12.0. The Labute approximate surface area is 121 Å². The molecule has 112 valence electrons. The van der Waals surface area contributed by atoms with Crippen LogP contribution in [0.25, 0.3) is 11.0 Å². The normalized spacial score (nSPS) is 11.0. The van der Waals surface area contributed by atoms with Crippen LogP contribution in [0.5, 0.6) is 5.75 Å². The van der Waals surface area contributed by atoms with E-state index in [1.54, 1.807) is 6.92 Å². The number of fused-ring (bicyclic) bond motifs is 1. The van der Waals surface area contributed by atoms with Gasteiger partial charge < -0.3 is 9.52 Å². The van der Waals surface area contributed by atoms with Crippen LogP contribution in [0.3, 0.4) is 0 Å². The summed E-state index contributed by atoms with van der Waals surface area (Å²) in [6.45, 7) is 5.18. The highest BCUT2D eigenvalue weighted by Crippen LogP contribution is 2.35. The molecule has 0 saturated carbocycles. The van der Waals surface area contributed by atoms with E-state index in [2.05, 4.69) is 0 Å². The fraction of sp³-hybridized carbons (Fsp3) is 0.400. The molecular formula is C15H16NO5-. The summed E-state index contributed by atoms with van der Waals surface area (Å²) in [6.07, 6.45) is 2.32. The van der Waals surface area contributed by atoms with Gasteiger partial charge in [-0.1, -0.05) is 13.3 Å². The van der Waals surface area contributed by atoms with E-state index in [0.717, 1.165) is 12.8 Å². The van der Waals surface area contributed by atoms with Crippen molar-refractivity contribution >= 4 is 16.7 Å². The third kappa shape index (κ3) is 2.49. The summed E-state index contributed by atoms with van der Waals surface area (Å²) in [6, 6.07) is 1.21. The first-order valence-corrected chi connectivity index (χ1v) is 6.79. The van der Waals surface area contributed by atoms with Crippen molar-refractivity contribution in [1.82, 2.24) is 0 Å². The number of hydrogen-bond acceptors (Lipinski definition) is 5. The van der Waals surface area contributed by atoms with Gasteiger partial charge in [0.05, 0.1) is 4.92 Å². The highest BCUT2D eigenvalue weighted by atomic mass is 16.6. The Bertz CT molecular complexity index is 776. The number of nitro benzene ring substituents is 1. The molecule has 0 fully saturated rings. The Kier molecular flexibility index (Phi) is 3.97. The van der Waals surface area contributed by atoms with Gasteiger partial charge in [0.2, 0.25) is 0 Å². The fourth-order valence-electron chi connectivity index (χ4n) is 2.42. The maximum Gasteiger partial charge on any atom is 0.339 e. The number of aryl methyl sites for hydroxylation is 2. The molecule has 0 saturated heterocycles. The molecule has 0 spiro atoms. The molecule has 0 amide bonds. The lowest BCUT2D eigenvalue weighted by molar-refractivity contribution is -0.398. The predicted molar refractivity (Wildman–Crippen MR) is 76.7 cm³/mol. The molecule has 1 aromatic heterocycles. The third-order valence-electron chi connectivity index (χ3n) is 3.71. The van der Waals surface area contributed by atoms with Crippen LogP contribution < -0.4 is 10.7 Å². The monoisotopic (exact) mass is 290 g/mol. The quantitative estimate of drug-likeness (QED) is 0.490. The molecule has 2 aromatic rings. The van der Waals surface area contributed by atoms with Crippen LogP contribution in [0, 0.1) is 24.0 Å². The molecule has 21 heavy (non-hydrogen) atoms. The van der Waals surface area contributed by atoms with E-state index in [0.29, 0.717) is 22.9 Å². The van der Waals surface area contributed by atoms with Gasteiger partial charge in [-0.05, 0) is 43.6 Å². The summed E-state index contributed by atoms with van der Waals surface area (Å²) in [5.74, 6) is -0.712. The number of nitro groups is 1. The maximum atomic E-state index is 12.0. The average Bonchev–Trinajstić information content (AvgIpc) is 2.43. The average molecular weight is 290 g/mol. The van der Waals surface area contributed by atoms with E-state index in [9.17, 15) is 20.0 Å². The van der Waals surface area contributed by atoms with Crippen molar-refractivity contribution in [3.05, 3.63) is 43.3 Å². The summed E-state index contributed by atoms with van der Waals surface area (Å²) >= 11 is 0. The molecule has 2 rings (SSSR count). The second kappa shape index (κ2) is 5.55. The standard InChI is InChI=1S/C15H17NO5/c1-4-5-6-10-8(2)11-7-12(16(19)20)13(17)9(3)14(11)21-15(10)18/h7,17H,4-6H2,1-3H3/p-1. The topological polar surface area (TPSA) is 96.4 Å². The Morgan fingerprint density at radius 1 is 1.29 bits per heavy atom. The van der Waals surface area contributed by atoms with E-state index in [1.165, 1.54) is 13.0 Å². The first-order valence-electron chi connectivity index (χ1n) is 6.79. The van der Waals surface area contributed by atoms with Gasteiger partial charge in [0, 0.05) is 17.0 Å². The van der Waals surface area contributed by atoms with Crippen molar-refractivity contribution in [1.29, 1.82) is 0 Å². The first-order chi connectivity index (χ1) is 9.88. The summed E-state index contributed by atoms with van der Waals surface area (Å²) < 4.78 is 5.24. The van der Waals surface area contributed by atoms with E-state index < -0.39 is 22.0 Å². The molecule has 1 heterocycles. The Hall–Kier alpha value is -2.37. The molecular weight excluding hydrogens is 274 g/mol.